The van der Waals surface area contributed by atoms with Crippen LogP contribution in [0.15, 0.2) is 47.3 Å². The van der Waals surface area contributed by atoms with E-state index >= 15 is 0 Å². The topological polar surface area (TPSA) is 28.7 Å². The zero-order valence-corrected chi connectivity index (χ0v) is 11.1. The van der Waals surface area contributed by atoms with Crippen molar-refractivity contribution < 1.29 is 0 Å². The van der Waals surface area contributed by atoms with Crippen molar-refractivity contribution in [1.82, 2.24) is 9.97 Å². The van der Waals surface area contributed by atoms with Gasteiger partial charge in [0.15, 0.2) is 0 Å². The molecule has 2 nitrogen and oxygen atoms in total. The molecule has 4 heteroatoms. The minimum absolute atomic E-state index is 0.761. The van der Waals surface area contributed by atoms with Gasteiger partial charge in [-0.1, -0.05) is 23.7 Å². The number of halogens is 1. The normalized spacial score (nSPS) is 10.7. The van der Waals surface area contributed by atoms with E-state index in [4.69, 9.17) is 11.6 Å². The van der Waals surface area contributed by atoms with Gasteiger partial charge in [-0.3, -0.25) is 0 Å². The number of rotatable bonds is 3. The molecule has 0 saturated carbocycles. The Labute approximate surface area is 114 Å². The van der Waals surface area contributed by atoms with Gasteiger partial charge >= 0.3 is 0 Å². The quantitative estimate of drug-likeness (QED) is 0.754. The Kier molecular flexibility index (Phi) is 3.17. The molecular formula is C14H11ClN2S. The molecule has 0 unspecified atom stereocenters. The van der Waals surface area contributed by atoms with Crippen molar-refractivity contribution in [3.05, 3.63) is 63.7 Å². The number of hydrogen-bond acceptors (Lipinski definition) is 2. The predicted molar refractivity (Wildman–Crippen MR) is 76.2 cm³/mol. The lowest BCUT2D eigenvalue weighted by atomic mass is 10.1. The molecule has 18 heavy (non-hydrogen) atoms. The third kappa shape index (κ3) is 2.47. The van der Waals surface area contributed by atoms with E-state index in [0.717, 1.165) is 28.5 Å². The average molecular weight is 275 g/mol. The van der Waals surface area contributed by atoms with Gasteiger partial charge in [0.1, 0.15) is 5.82 Å². The molecule has 0 saturated heterocycles. The smallest absolute Gasteiger partial charge is 0.110 e. The van der Waals surface area contributed by atoms with Gasteiger partial charge in [0.25, 0.3) is 0 Å². The molecule has 0 fully saturated rings. The van der Waals surface area contributed by atoms with Gasteiger partial charge in [-0.15, -0.1) is 0 Å². The van der Waals surface area contributed by atoms with E-state index < -0.39 is 0 Å². The van der Waals surface area contributed by atoms with E-state index in [1.807, 2.05) is 24.4 Å². The first-order valence-corrected chi connectivity index (χ1v) is 6.94. The minimum Gasteiger partial charge on any atom is -0.342 e. The van der Waals surface area contributed by atoms with Crippen molar-refractivity contribution in [2.24, 2.45) is 0 Å². The van der Waals surface area contributed by atoms with Crippen LogP contribution in [0.25, 0.3) is 11.3 Å². The number of thiophene rings is 1. The van der Waals surface area contributed by atoms with Crippen LogP contribution in [0.1, 0.15) is 11.4 Å². The Bertz CT molecular complexity index is 643. The zero-order valence-electron chi connectivity index (χ0n) is 9.56. The van der Waals surface area contributed by atoms with E-state index in [1.54, 1.807) is 11.3 Å². The summed E-state index contributed by atoms with van der Waals surface area (Å²) in [4.78, 5) is 7.74. The first-order valence-electron chi connectivity index (χ1n) is 5.62. The summed E-state index contributed by atoms with van der Waals surface area (Å²) in [6, 6.07) is 9.94. The highest BCUT2D eigenvalue weighted by atomic mass is 35.5. The summed E-state index contributed by atoms with van der Waals surface area (Å²) < 4.78 is 0. The number of aromatic amines is 1. The van der Waals surface area contributed by atoms with Crippen molar-refractivity contribution in [2.45, 2.75) is 6.42 Å². The summed E-state index contributed by atoms with van der Waals surface area (Å²) in [6.45, 7) is 0. The van der Waals surface area contributed by atoms with E-state index in [1.165, 1.54) is 5.56 Å². The molecule has 0 spiro atoms. The van der Waals surface area contributed by atoms with Crippen LogP contribution in [0, 0.1) is 0 Å². The van der Waals surface area contributed by atoms with Crippen LogP contribution in [-0.2, 0) is 6.42 Å². The number of benzene rings is 1. The van der Waals surface area contributed by atoms with Crippen molar-refractivity contribution in [3.63, 3.8) is 0 Å². The number of nitrogens with zero attached hydrogens (tertiary/aromatic N) is 1. The summed E-state index contributed by atoms with van der Waals surface area (Å²) >= 11 is 7.65. The average Bonchev–Trinajstić information content (AvgIpc) is 2.98. The van der Waals surface area contributed by atoms with Gasteiger partial charge < -0.3 is 4.98 Å². The van der Waals surface area contributed by atoms with Crippen molar-refractivity contribution in [2.75, 3.05) is 0 Å². The standard InChI is InChI=1S/C14H11ClN2S/c15-12-3-1-2-10(6-12)7-14-16-8-13(17-14)11-4-5-18-9-11/h1-6,8-9H,7H2,(H,16,17). The molecule has 1 N–H and O–H groups in total. The highest BCUT2D eigenvalue weighted by Gasteiger charge is 2.04. The molecule has 2 aromatic heterocycles. The SMILES string of the molecule is Clc1cccc(Cc2ncc(-c3ccsc3)[nH]2)c1. The van der Waals surface area contributed by atoms with Gasteiger partial charge in [-0.05, 0) is 29.1 Å². The number of H-pyrrole nitrogens is 1. The van der Waals surface area contributed by atoms with Crippen LogP contribution >= 0.6 is 22.9 Å². The Morgan fingerprint density at radius 3 is 3.00 bits per heavy atom. The van der Waals surface area contributed by atoms with Gasteiger partial charge in [0.2, 0.25) is 0 Å². The summed E-state index contributed by atoms with van der Waals surface area (Å²) in [5.41, 5.74) is 3.41. The fourth-order valence-electron chi connectivity index (χ4n) is 1.86. The summed E-state index contributed by atoms with van der Waals surface area (Å²) in [7, 11) is 0. The molecule has 0 atom stereocenters. The molecule has 90 valence electrons. The van der Waals surface area contributed by atoms with Gasteiger partial charge in [0.05, 0.1) is 11.9 Å². The van der Waals surface area contributed by atoms with Crippen LogP contribution in [0.2, 0.25) is 5.02 Å². The molecule has 0 radical (unpaired) electrons. The molecule has 3 rings (SSSR count). The van der Waals surface area contributed by atoms with E-state index in [0.29, 0.717) is 0 Å². The number of imidazole rings is 1. The fraction of sp³-hybridized carbons (Fsp3) is 0.0714. The molecular weight excluding hydrogens is 264 g/mol. The van der Waals surface area contributed by atoms with E-state index in [-0.39, 0.29) is 0 Å². The Balaban J connectivity index is 1.82. The lowest BCUT2D eigenvalue weighted by molar-refractivity contribution is 1.03. The molecule has 0 aliphatic rings. The molecule has 3 aromatic rings. The third-order valence-corrected chi connectivity index (χ3v) is 3.64. The maximum absolute atomic E-state index is 5.97. The van der Waals surface area contributed by atoms with Gasteiger partial charge in [0, 0.05) is 22.4 Å². The molecule has 0 bridgehead atoms. The second kappa shape index (κ2) is 4.96. The van der Waals surface area contributed by atoms with Crippen LogP contribution in [0.4, 0.5) is 0 Å². The van der Waals surface area contributed by atoms with Gasteiger partial charge in [-0.25, -0.2) is 4.98 Å². The van der Waals surface area contributed by atoms with Crippen molar-refractivity contribution in [3.8, 4) is 11.3 Å². The predicted octanol–water partition coefficient (Wildman–Crippen LogP) is 4.38. The van der Waals surface area contributed by atoms with Crippen LogP contribution in [0.3, 0.4) is 0 Å². The highest BCUT2D eigenvalue weighted by molar-refractivity contribution is 7.08. The van der Waals surface area contributed by atoms with Crippen molar-refractivity contribution >= 4 is 22.9 Å². The largest absolute Gasteiger partial charge is 0.342 e. The minimum atomic E-state index is 0.761. The monoisotopic (exact) mass is 274 g/mol. The molecule has 2 heterocycles. The Morgan fingerprint density at radius 2 is 2.22 bits per heavy atom. The number of aromatic nitrogens is 2. The third-order valence-electron chi connectivity index (χ3n) is 2.72. The first-order chi connectivity index (χ1) is 8.81. The maximum atomic E-state index is 5.97. The lowest BCUT2D eigenvalue weighted by Crippen LogP contribution is -1.90. The van der Waals surface area contributed by atoms with E-state index in [9.17, 15) is 0 Å². The molecule has 0 amide bonds. The number of nitrogens with one attached hydrogen (secondary N) is 1. The first kappa shape index (κ1) is 11.5. The summed E-state index contributed by atoms with van der Waals surface area (Å²) in [5, 5.41) is 4.93. The van der Waals surface area contributed by atoms with Crippen LogP contribution < -0.4 is 0 Å². The molecule has 0 aliphatic heterocycles. The Morgan fingerprint density at radius 1 is 1.28 bits per heavy atom. The highest BCUT2D eigenvalue weighted by Crippen LogP contribution is 2.21. The second-order valence-electron chi connectivity index (χ2n) is 4.06. The number of hydrogen-bond donors (Lipinski definition) is 1. The van der Waals surface area contributed by atoms with Gasteiger partial charge in [-0.2, -0.15) is 11.3 Å². The maximum Gasteiger partial charge on any atom is 0.110 e. The van der Waals surface area contributed by atoms with Crippen LogP contribution in [-0.4, -0.2) is 9.97 Å². The zero-order chi connectivity index (χ0) is 12.4. The second-order valence-corrected chi connectivity index (χ2v) is 5.28. The van der Waals surface area contributed by atoms with Crippen molar-refractivity contribution in [1.29, 1.82) is 0 Å². The fourth-order valence-corrected chi connectivity index (χ4v) is 2.73. The van der Waals surface area contributed by atoms with E-state index in [2.05, 4.69) is 32.9 Å². The molecule has 1 aromatic carbocycles. The Hall–Kier alpha value is -1.58. The molecule has 0 aliphatic carbocycles. The summed E-state index contributed by atoms with van der Waals surface area (Å²) in [6.07, 6.45) is 2.65. The summed E-state index contributed by atoms with van der Waals surface area (Å²) in [5.74, 6) is 0.957. The lowest BCUT2D eigenvalue weighted by Gasteiger charge is -1.98. The van der Waals surface area contributed by atoms with Crippen LogP contribution in [0.5, 0.6) is 0 Å².